The molecule has 2 rings (SSSR count). The molecule has 18 heavy (non-hydrogen) atoms. The van der Waals surface area contributed by atoms with E-state index in [1.54, 1.807) is 0 Å². The normalized spacial score (nSPS) is 14.5. The largest absolute Gasteiger partial charge is 0.356 e. The van der Waals surface area contributed by atoms with Crippen LogP contribution in [0.4, 0.5) is 0 Å². The second-order valence-corrected chi connectivity index (χ2v) is 5.14. The first-order valence-corrected chi connectivity index (χ1v) is 6.86. The SMILES string of the molecule is O=C(CCNC1CC1)NCCc1ccc(Cl)cc1. The standard InChI is InChI=1S/C14H19ClN2O/c15-12-3-1-11(2-4-12)7-9-17-14(18)8-10-16-13-5-6-13/h1-4,13,16H,5-10H2,(H,17,18). The smallest absolute Gasteiger partial charge is 0.221 e. The fourth-order valence-corrected chi connectivity index (χ4v) is 1.89. The average molecular weight is 267 g/mol. The molecule has 1 aromatic carbocycles. The molecule has 1 fully saturated rings. The van der Waals surface area contributed by atoms with Crippen LogP contribution in [-0.4, -0.2) is 25.0 Å². The number of nitrogens with one attached hydrogen (secondary N) is 2. The first-order chi connectivity index (χ1) is 8.74. The van der Waals surface area contributed by atoms with Crippen molar-refractivity contribution in [2.75, 3.05) is 13.1 Å². The zero-order valence-corrected chi connectivity index (χ0v) is 11.2. The molecule has 1 saturated carbocycles. The Kier molecular flexibility index (Phi) is 5.02. The van der Waals surface area contributed by atoms with Crippen molar-refractivity contribution in [2.24, 2.45) is 0 Å². The molecule has 0 aliphatic heterocycles. The van der Waals surface area contributed by atoms with Gasteiger partial charge in [-0.1, -0.05) is 23.7 Å². The summed E-state index contributed by atoms with van der Waals surface area (Å²) in [4.78, 5) is 11.5. The van der Waals surface area contributed by atoms with Gasteiger partial charge < -0.3 is 10.6 Å². The van der Waals surface area contributed by atoms with E-state index in [9.17, 15) is 4.79 Å². The Morgan fingerprint density at radius 3 is 2.61 bits per heavy atom. The second-order valence-electron chi connectivity index (χ2n) is 4.70. The van der Waals surface area contributed by atoms with E-state index in [0.717, 1.165) is 18.0 Å². The van der Waals surface area contributed by atoms with Gasteiger partial charge in [-0.15, -0.1) is 0 Å². The van der Waals surface area contributed by atoms with Gasteiger partial charge >= 0.3 is 0 Å². The van der Waals surface area contributed by atoms with Gasteiger partial charge in [-0.2, -0.15) is 0 Å². The predicted molar refractivity (Wildman–Crippen MR) is 73.8 cm³/mol. The second kappa shape index (κ2) is 6.76. The van der Waals surface area contributed by atoms with Crippen molar-refractivity contribution >= 4 is 17.5 Å². The van der Waals surface area contributed by atoms with E-state index < -0.39 is 0 Å². The van der Waals surface area contributed by atoms with Crippen LogP contribution in [-0.2, 0) is 11.2 Å². The molecular formula is C14H19ClN2O. The Balaban J connectivity index is 1.56. The topological polar surface area (TPSA) is 41.1 Å². The predicted octanol–water partition coefficient (Wildman–Crippen LogP) is 2.14. The van der Waals surface area contributed by atoms with Gasteiger partial charge in [-0.25, -0.2) is 0 Å². The van der Waals surface area contributed by atoms with Crippen molar-refractivity contribution in [1.29, 1.82) is 0 Å². The number of amides is 1. The molecule has 0 aromatic heterocycles. The third kappa shape index (κ3) is 5.07. The van der Waals surface area contributed by atoms with Gasteiger partial charge in [0.15, 0.2) is 0 Å². The first kappa shape index (κ1) is 13.4. The van der Waals surface area contributed by atoms with Crippen LogP contribution in [0.5, 0.6) is 0 Å². The molecule has 0 bridgehead atoms. The molecule has 3 nitrogen and oxygen atoms in total. The van der Waals surface area contributed by atoms with Crippen LogP contribution in [0.3, 0.4) is 0 Å². The van der Waals surface area contributed by atoms with Crippen LogP contribution in [0.25, 0.3) is 0 Å². The van der Waals surface area contributed by atoms with Crippen molar-refractivity contribution in [1.82, 2.24) is 10.6 Å². The Bertz CT molecular complexity index is 387. The number of carbonyl (C=O) groups is 1. The van der Waals surface area contributed by atoms with Gasteiger partial charge in [0.25, 0.3) is 0 Å². The maximum Gasteiger partial charge on any atom is 0.221 e. The lowest BCUT2D eigenvalue weighted by molar-refractivity contribution is -0.120. The van der Waals surface area contributed by atoms with E-state index in [0.29, 0.717) is 19.0 Å². The molecule has 1 aliphatic rings. The van der Waals surface area contributed by atoms with E-state index in [2.05, 4.69) is 10.6 Å². The minimum atomic E-state index is 0.122. The van der Waals surface area contributed by atoms with Gasteiger partial charge in [0, 0.05) is 30.6 Å². The van der Waals surface area contributed by atoms with Crippen molar-refractivity contribution in [2.45, 2.75) is 31.7 Å². The molecule has 1 aliphatic carbocycles. The van der Waals surface area contributed by atoms with Crippen LogP contribution < -0.4 is 10.6 Å². The summed E-state index contributed by atoms with van der Waals surface area (Å²) in [6, 6.07) is 8.40. The fourth-order valence-electron chi connectivity index (χ4n) is 1.76. The van der Waals surface area contributed by atoms with E-state index in [1.165, 1.54) is 18.4 Å². The molecule has 0 heterocycles. The summed E-state index contributed by atoms with van der Waals surface area (Å²) >= 11 is 5.81. The highest BCUT2D eigenvalue weighted by atomic mass is 35.5. The number of carbonyl (C=O) groups excluding carboxylic acids is 1. The highest BCUT2D eigenvalue weighted by molar-refractivity contribution is 6.30. The highest BCUT2D eigenvalue weighted by Crippen LogP contribution is 2.18. The van der Waals surface area contributed by atoms with Gasteiger partial charge in [-0.3, -0.25) is 4.79 Å². The molecule has 0 saturated heterocycles. The molecule has 0 atom stereocenters. The van der Waals surface area contributed by atoms with Gasteiger partial charge in [-0.05, 0) is 37.0 Å². The minimum absolute atomic E-state index is 0.122. The molecule has 0 spiro atoms. The molecule has 1 amide bonds. The molecule has 0 unspecified atom stereocenters. The van der Waals surface area contributed by atoms with Crippen LogP contribution >= 0.6 is 11.6 Å². The quantitative estimate of drug-likeness (QED) is 0.794. The Labute approximate surface area is 113 Å². The molecule has 4 heteroatoms. The van der Waals surface area contributed by atoms with Gasteiger partial charge in [0.1, 0.15) is 0 Å². The third-order valence-corrected chi connectivity index (χ3v) is 3.26. The van der Waals surface area contributed by atoms with E-state index in [4.69, 9.17) is 11.6 Å². The monoisotopic (exact) mass is 266 g/mol. The average Bonchev–Trinajstić information content (AvgIpc) is 3.16. The lowest BCUT2D eigenvalue weighted by atomic mass is 10.1. The first-order valence-electron chi connectivity index (χ1n) is 6.48. The van der Waals surface area contributed by atoms with Crippen molar-refractivity contribution < 1.29 is 4.79 Å². The summed E-state index contributed by atoms with van der Waals surface area (Å²) in [5.41, 5.74) is 1.19. The van der Waals surface area contributed by atoms with Crippen LogP contribution in [0.1, 0.15) is 24.8 Å². The molecule has 0 radical (unpaired) electrons. The van der Waals surface area contributed by atoms with Crippen LogP contribution in [0.2, 0.25) is 5.02 Å². The van der Waals surface area contributed by atoms with Gasteiger partial charge in [0.05, 0.1) is 0 Å². The Morgan fingerprint density at radius 2 is 1.94 bits per heavy atom. The van der Waals surface area contributed by atoms with Crippen molar-refractivity contribution in [3.63, 3.8) is 0 Å². The molecular weight excluding hydrogens is 248 g/mol. The maximum absolute atomic E-state index is 11.5. The van der Waals surface area contributed by atoms with Crippen LogP contribution in [0, 0.1) is 0 Å². The summed E-state index contributed by atoms with van der Waals surface area (Å²) < 4.78 is 0. The number of rotatable bonds is 7. The number of halogens is 1. The third-order valence-electron chi connectivity index (χ3n) is 3.01. The highest BCUT2D eigenvalue weighted by Gasteiger charge is 2.19. The van der Waals surface area contributed by atoms with Crippen molar-refractivity contribution in [3.8, 4) is 0 Å². The minimum Gasteiger partial charge on any atom is -0.356 e. The fraction of sp³-hybridized carbons (Fsp3) is 0.500. The van der Waals surface area contributed by atoms with Gasteiger partial charge in [0.2, 0.25) is 5.91 Å². The van der Waals surface area contributed by atoms with E-state index in [1.807, 2.05) is 24.3 Å². The lowest BCUT2D eigenvalue weighted by Crippen LogP contribution is -2.29. The Hall–Kier alpha value is -1.06. The summed E-state index contributed by atoms with van der Waals surface area (Å²) in [5.74, 6) is 0.122. The maximum atomic E-state index is 11.5. The van der Waals surface area contributed by atoms with E-state index >= 15 is 0 Å². The van der Waals surface area contributed by atoms with E-state index in [-0.39, 0.29) is 5.91 Å². The molecule has 1 aromatic rings. The summed E-state index contributed by atoms with van der Waals surface area (Å²) in [6.45, 7) is 1.47. The number of hydrogen-bond acceptors (Lipinski definition) is 2. The summed E-state index contributed by atoms with van der Waals surface area (Å²) in [5, 5.41) is 7.00. The zero-order valence-electron chi connectivity index (χ0n) is 10.4. The number of benzene rings is 1. The number of hydrogen-bond donors (Lipinski definition) is 2. The summed E-state index contributed by atoms with van der Waals surface area (Å²) in [7, 11) is 0. The van der Waals surface area contributed by atoms with Crippen LogP contribution in [0.15, 0.2) is 24.3 Å². The van der Waals surface area contributed by atoms with Crippen molar-refractivity contribution in [3.05, 3.63) is 34.9 Å². The lowest BCUT2D eigenvalue weighted by Gasteiger charge is -2.06. The Morgan fingerprint density at radius 1 is 1.22 bits per heavy atom. The molecule has 98 valence electrons. The zero-order chi connectivity index (χ0) is 12.8. The molecule has 2 N–H and O–H groups in total. The summed E-state index contributed by atoms with van der Waals surface area (Å²) in [6.07, 6.45) is 3.94.